The molecular formula is C14H14N4O3S. The average Bonchev–Trinajstić information content (AvgIpc) is 2.43. The van der Waals surface area contributed by atoms with Gasteiger partial charge in [-0.2, -0.15) is 0 Å². The van der Waals surface area contributed by atoms with Crippen molar-refractivity contribution >= 4 is 23.4 Å². The molecule has 114 valence electrons. The van der Waals surface area contributed by atoms with Crippen LogP contribution in [-0.4, -0.2) is 20.8 Å². The van der Waals surface area contributed by atoms with E-state index in [1.54, 1.807) is 13.0 Å². The zero-order valence-corrected chi connectivity index (χ0v) is 12.9. The lowest BCUT2D eigenvalue weighted by Gasteiger charge is -2.05. The average molecular weight is 318 g/mol. The van der Waals surface area contributed by atoms with Crippen LogP contribution in [0.5, 0.6) is 0 Å². The predicted molar refractivity (Wildman–Crippen MR) is 82.7 cm³/mol. The molecule has 0 unspecified atom stereocenters. The number of hydrogen-bond acceptors (Lipinski definition) is 6. The maximum Gasteiger partial charge on any atom is 0.274 e. The van der Waals surface area contributed by atoms with Crippen LogP contribution in [0.1, 0.15) is 27.4 Å². The SMILES string of the molecule is Cc1cc(SCc2ccc(C(N)=O)cc2[N+](=O)[O-])nc(C)n1. The second-order valence-corrected chi connectivity index (χ2v) is 5.64. The molecule has 0 radical (unpaired) electrons. The van der Waals surface area contributed by atoms with Crippen LogP contribution in [0.25, 0.3) is 0 Å². The number of thioether (sulfide) groups is 1. The van der Waals surface area contributed by atoms with Crippen LogP contribution < -0.4 is 5.73 Å². The van der Waals surface area contributed by atoms with Crippen molar-refractivity contribution in [3.05, 3.63) is 57.0 Å². The summed E-state index contributed by atoms with van der Waals surface area (Å²) in [5.74, 6) is 0.330. The van der Waals surface area contributed by atoms with Gasteiger partial charge in [-0.15, -0.1) is 11.8 Å². The van der Waals surface area contributed by atoms with E-state index in [1.807, 2.05) is 13.0 Å². The van der Waals surface area contributed by atoms with E-state index in [0.29, 0.717) is 17.1 Å². The lowest BCUT2D eigenvalue weighted by molar-refractivity contribution is -0.385. The number of nitrogens with zero attached hydrogens (tertiary/aromatic N) is 3. The number of carbonyl (C=O) groups excluding carboxylic acids is 1. The van der Waals surface area contributed by atoms with Crippen LogP contribution in [-0.2, 0) is 5.75 Å². The molecular weight excluding hydrogens is 304 g/mol. The normalized spacial score (nSPS) is 10.5. The maximum absolute atomic E-state index is 11.1. The first-order valence-corrected chi connectivity index (χ1v) is 7.37. The van der Waals surface area contributed by atoms with Gasteiger partial charge in [-0.25, -0.2) is 9.97 Å². The van der Waals surface area contributed by atoms with Gasteiger partial charge in [0.05, 0.1) is 4.92 Å². The van der Waals surface area contributed by atoms with E-state index in [9.17, 15) is 14.9 Å². The monoisotopic (exact) mass is 318 g/mol. The fourth-order valence-corrected chi connectivity index (χ4v) is 2.92. The standard InChI is InChI=1S/C14H14N4O3S/c1-8-5-13(17-9(2)16-8)22-7-11-4-3-10(14(15)19)6-12(11)18(20)21/h3-6H,7H2,1-2H3,(H2,15,19). The van der Waals surface area contributed by atoms with E-state index in [0.717, 1.165) is 10.7 Å². The van der Waals surface area contributed by atoms with Crippen LogP contribution in [0, 0.1) is 24.0 Å². The smallest absolute Gasteiger partial charge is 0.274 e. The number of aryl methyl sites for hydroxylation is 2. The van der Waals surface area contributed by atoms with Crippen molar-refractivity contribution in [1.29, 1.82) is 0 Å². The lowest BCUT2D eigenvalue weighted by Crippen LogP contribution is -2.11. The van der Waals surface area contributed by atoms with E-state index < -0.39 is 10.8 Å². The highest BCUT2D eigenvalue weighted by atomic mass is 32.2. The molecule has 8 heteroatoms. The summed E-state index contributed by atoms with van der Waals surface area (Å²) in [5, 5.41) is 11.9. The van der Waals surface area contributed by atoms with E-state index >= 15 is 0 Å². The van der Waals surface area contributed by atoms with Crippen molar-refractivity contribution in [2.75, 3.05) is 0 Å². The molecule has 2 rings (SSSR count). The summed E-state index contributed by atoms with van der Waals surface area (Å²) >= 11 is 1.38. The molecule has 1 aromatic heterocycles. The molecule has 1 aromatic carbocycles. The molecule has 0 aliphatic carbocycles. The fourth-order valence-electron chi connectivity index (χ4n) is 1.92. The van der Waals surface area contributed by atoms with Gasteiger partial charge in [0.2, 0.25) is 5.91 Å². The van der Waals surface area contributed by atoms with Crippen molar-refractivity contribution in [2.24, 2.45) is 5.73 Å². The number of nitrogens with two attached hydrogens (primary N) is 1. The Morgan fingerprint density at radius 3 is 2.64 bits per heavy atom. The highest BCUT2D eigenvalue weighted by molar-refractivity contribution is 7.98. The Bertz CT molecular complexity index is 729. The summed E-state index contributed by atoms with van der Waals surface area (Å²) in [7, 11) is 0. The van der Waals surface area contributed by atoms with Gasteiger partial charge >= 0.3 is 0 Å². The quantitative estimate of drug-likeness (QED) is 0.392. The summed E-state index contributed by atoms with van der Waals surface area (Å²) < 4.78 is 0. The first-order chi connectivity index (χ1) is 10.4. The van der Waals surface area contributed by atoms with Gasteiger partial charge in [-0.05, 0) is 26.0 Å². The van der Waals surface area contributed by atoms with Gasteiger partial charge in [0, 0.05) is 28.6 Å². The molecule has 1 heterocycles. The zero-order valence-electron chi connectivity index (χ0n) is 12.1. The van der Waals surface area contributed by atoms with Gasteiger partial charge in [-0.1, -0.05) is 6.07 Å². The largest absolute Gasteiger partial charge is 0.366 e. The van der Waals surface area contributed by atoms with Crippen LogP contribution in [0.3, 0.4) is 0 Å². The number of nitro benzene ring substituents is 1. The first-order valence-electron chi connectivity index (χ1n) is 6.39. The summed E-state index contributed by atoms with van der Waals surface area (Å²) in [6.07, 6.45) is 0. The molecule has 0 saturated carbocycles. The fraction of sp³-hybridized carbons (Fsp3) is 0.214. The number of rotatable bonds is 5. The van der Waals surface area contributed by atoms with Gasteiger partial charge in [0.25, 0.3) is 5.69 Å². The molecule has 0 spiro atoms. The number of amides is 1. The minimum atomic E-state index is -0.690. The molecule has 7 nitrogen and oxygen atoms in total. The third kappa shape index (κ3) is 3.79. The molecule has 22 heavy (non-hydrogen) atoms. The Balaban J connectivity index is 2.25. The number of aromatic nitrogens is 2. The Morgan fingerprint density at radius 2 is 2.05 bits per heavy atom. The molecule has 2 aromatic rings. The Kier molecular flexibility index (Phi) is 4.71. The third-order valence-electron chi connectivity index (χ3n) is 2.88. The minimum Gasteiger partial charge on any atom is -0.366 e. The van der Waals surface area contributed by atoms with E-state index in [4.69, 9.17) is 5.73 Å². The van der Waals surface area contributed by atoms with Crippen molar-refractivity contribution in [3.8, 4) is 0 Å². The lowest BCUT2D eigenvalue weighted by atomic mass is 10.1. The number of hydrogen-bond donors (Lipinski definition) is 1. The maximum atomic E-state index is 11.1. The van der Waals surface area contributed by atoms with E-state index in [2.05, 4.69) is 9.97 Å². The zero-order chi connectivity index (χ0) is 16.3. The Labute approximate surface area is 131 Å². The topological polar surface area (TPSA) is 112 Å². The molecule has 2 N–H and O–H groups in total. The second kappa shape index (κ2) is 6.52. The molecule has 0 saturated heterocycles. The van der Waals surface area contributed by atoms with Crippen LogP contribution in [0.4, 0.5) is 5.69 Å². The molecule has 0 bridgehead atoms. The number of nitro groups is 1. The predicted octanol–water partition coefficient (Wildman–Crippen LogP) is 2.39. The van der Waals surface area contributed by atoms with Gasteiger partial charge in [-0.3, -0.25) is 14.9 Å². The Morgan fingerprint density at radius 1 is 1.32 bits per heavy atom. The van der Waals surface area contributed by atoms with Gasteiger partial charge in [0.15, 0.2) is 0 Å². The van der Waals surface area contributed by atoms with Crippen LogP contribution >= 0.6 is 11.8 Å². The summed E-state index contributed by atoms with van der Waals surface area (Å²) in [6, 6.07) is 6.06. The molecule has 0 aliphatic rings. The summed E-state index contributed by atoms with van der Waals surface area (Å²) in [4.78, 5) is 30.2. The molecule has 0 fully saturated rings. The molecule has 0 atom stereocenters. The van der Waals surface area contributed by atoms with Crippen LogP contribution in [0.2, 0.25) is 0 Å². The second-order valence-electron chi connectivity index (χ2n) is 4.65. The highest BCUT2D eigenvalue weighted by Gasteiger charge is 2.17. The Hall–Kier alpha value is -2.48. The minimum absolute atomic E-state index is 0.119. The first kappa shape index (κ1) is 15.9. The molecule has 1 amide bonds. The van der Waals surface area contributed by atoms with Crippen molar-refractivity contribution in [3.63, 3.8) is 0 Å². The molecule has 0 aliphatic heterocycles. The summed E-state index contributed by atoms with van der Waals surface area (Å²) in [5.41, 5.74) is 6.50. The summed E-state index contributed by atoms with van der Waals surface area (Å²) in [6.45, 7) is 3.66. The van der Waals surface area contributed by atoms with Crippen molar-refractivity contribution in [1.82, 2.24) is 9.97 Å². The van der Waals surface area contributed by atoms with E-state index in [1.165, 1.54) is 23.9 Å². The van der Waals surface area contributed by atoms with Gasteiger partial charge < -0.3 is 5.73 Å². The van der Waals surface area contributed by atoms with E-state index in [-0.39, 0.29) is 11.3 Å². The number of primary amides is 1. The number of benzene rings is 1. The third-order valence-corrected chi connectivity index (χ3v) is 3.84. The van der Waals surface area contributed by atoms with Crippen molar-refractivity contribution in [2.45, 2.75) is 24.6 Å². The van der Waals surface area contributed by atoms with Gasteiger partial charge in [0.1, 0.15) is 10.9 Å². The highest BCUT2D eigenvalue weighted by Crippen LogP contribution is 2.28. The number of carbonyl (C=O) groups is 1. The van der Waals surface area contributed by atoms with Crippen LogP contribution in [0.15, 0.2) is 29.3 Å². The van der Waals surface area contributed by atoms with Crippen molar-refractivity contribution < 1.29 is 9.72 Å².